The fourth-order valence-corrected chi connectivity index (χ4v) is 6.96. The molecule has 0 bridgehead atoms. The molecule has 0 radical (unpaired) electrons. The molecule has 1 unspecified atom stereocenters. The number of ether oxygens (including phenoxy) is 3. The van der Waals surface area contributed by atoms with Crippen LogP contribution in [0.5, 0.6) is 11.5 Å². The minimum atomic E-state index is -3.57. The van der Waals surface area contributed by atoms with Gasteiger partial charge in [-0.25, -0.2) is 9.52 Å². The highest BCUT2D eigenvalue weighted by atomic mass is 32.2. The van der Waals surface area contributed by atoms with Crippen molar-refractivity contribution < 1.29 is 32.6 Å². The van der Waals surface area contributed by atoms with Gasteiger partial charge in [-0.15, -0.1) is 0 Å². The topological polar surface area (TPSA) is 89.1 Å². The van der Waals surface area contributed by atoms with Crippen LogP contribution in [0.15, 0.2) is 65.6 Å². The Balaban J connectivity index is 1.31. The van der Waals surface area contributed by atoms with Gasteiger partial charge in [0.2, 0.25) is 5.91 Å². The van der Waals surface area contributed by atoms with Crippen molar-refractivity contribution in [1.29, 1.82) is 0 Å². The number of benzene rings is 3. The van der Waals surface area contributed by atoms with E-state index in [0.717, 1.165) is 54.2 Å². The number of nitrogens with one attached hydrogen (secondary N) is 2. The quantitative estimate of drug-likeness (QED) is 0.137. The van der Waals surface area contributed by atoms with Crippen molar-refractivity contribution in [3.05, 3.63) is 66.2 Å². The average Bonchev–Trinajstić information content (AvgIpc) is 3.57. The number of carbonyl (C=O) groups excluding carboxylic acids is 2. The van der Waals surface area contributed by atoms with Crippen molar-refractivity contribution >= 4 is 34.7 Å². The van der Waals surface area contributed by atoms with E-state index in [2.05, 4.69) is 10.0 Å². The Labute approximate surface area is 292 Å². The first-order chi connectivity index (χ1) is 23.4. The van der Waals surface area contributed by atoms with Crippen LogP contribution >= 0.6 is 11.9 Å². The summed E-state index contributed by atoms with van der Waals surface area (Å²) in [4.78, 5) is 28.4. The Kier molecular flexibility index (Phi) is 12.3. The lowest BCUT2D eigenvalue weighted by atomic mass is 9.98. The molecule has 3 aromatic carbocycles. The van der Waals surface area contributed by atoms with E-state index in [9.17, 15) is 9.59 Å². The van der Waals surface area contributed by atoms with Crippen LogP contribution in [0.25, 0.3) is 10.8 Å². The standard InChI is InChI=1S/C38H49F2N3O5S/c1-5-6-22-46-31-13-9-10-28(25-31)38(39,40)34(35(44)43-20-18-29(19-21-43)41-36(45)48-37(2,3)4)42-49-33-17-15-26-23-32(16-14-27(26)24-33)47-30-11-7-8-12-30/h9-10,13-17,23-25,29-30,34,42H,5-8,11-12,18-22H2,1-4H3,(H,41,45). The summed E-state index contributed by atoms with van der Waals surface area (Å²) in [6.07, 6.45) is 6.81. The van der Waals surface area contributed by atoms with E-state index in [1.54, 1.807) is 26.8 Å². The Hall–Kier alpha value is -3.57. The van der Waals surface area contributed by atoms with E-state index >= 15 is 8.78 Å². The fraction of sp³-hybridized carbons (Fsp3) is 0.526. The summed E-state index contributed by atoms with van der Waals surface area (Å²) < 4.78 is 53.1. The first-order valence-corrected chi connectivity index (χ1v) is 18.3. The van der Waals surface area contributed by atoms with E-state index in [-0.39, 0.29) is 30.8 Å². The van der Waals surface area contributed by atoms with E-state index < -0.39 is 29.6 Å². The molecule has 1 aliphatic carbocycles. The number of unbranched alkanes of at least 4 members (excludes halogenated alkanes) is 1. The van der Waals surface area contributed by atoms with E-state index in [0.29, 0.717) is 30.1 Å². The van der Waals surface area contributed by atoms with Crippen LogP contribution in [0.4, 0.5) is 13.6 Å². The number of hydrogen-bond acceptors (Lipinski definition) is 7. The lowest BCUT2D eigenvalue weighted by molar-refractivity contribution is -0.145. The van der Waals surface area contributed by atoms with Gasteiger partial charge in [0.05, 0.1) is 12.7 Å². The molecule has 2 fully saturated rings. The molecule has 2 amide bonds. The van der Waals surface area contributed by atoms with Gasteiger partial charge in [0.25, 0.3) is 5.92 Å². The number of alkyl halides is 2. The largest absolute Gasteiger partial charge is 0.494 e. The van der Waals surface area contributed by atoms with Crippen molar-refractivity contribution in [2.75, 3.05) is 19.7 Å². The van der Waals surface area contributed by atoms with Crippen LogP contribution in [-0.2, 0) is 15.5 Å². The third kappa shape index (κ3) is 10.2. The van der Waals surface area contributed by atoms with Gasteiger partial charge in [-0.2, -0.15) is 8.78 Å². The zero-order valence-corrected chi connectivity index (χ0v) is 29.8. The highest BCUT2D eigenvalue weighted by Crippen LogP contribution is 2.37. The summed E-state index contributed by atoms with van der Waals surface area (Å²) in [6, 6.07) is 15.4. The highest BCUT2D eigenvalue weighted by Gasteiger charge is 2.48. The number of likely N-dealkylation sites (tertiary alicyclic amines) is 1. The second-order valence-corrected chi connectivity index (χ2v) is 14.9. The molecule has 11 heteroatoms. The molecule has 5 rings (SSSR count). The second kappa shape index (κ2) is 16.4. The Bertz CT molecular complexity index is 1570. The summed E-state index contributed by atoms with van der Waals surface area (Å²) in [7, 11) is 0. The first kappa shape index (κ1) is 36.7. The molecule has 1 heterocycles. The minimum Gasteiger partial charge on any atom is -0.494 e. The molecule has 1 saturated heterocycles. The third-order valence-corrected chi connectivity index (χ3v) is 9.65. The van der Waals surface area contributed by atoms with Gasteiger partial charge in [0, 0.05) is 29.6 Å². The maximum Gasteiger partial charge on any atom is 0.407 e. The van der Waals surface area contributed by atoms with E-state index in [1.807, 2.05) is 43.3 Å². The molecule has 1 atom stereocenters. The molecular formula is C38H49F2N3O5S. The summed E-state index contributed by atoms with van der Waals surface area (Å²) in [5.41, 5.74) is -0.943. The molecule has 8 nitrogen and oxygen atoms in total. The molecule has 266 valence electrons. The first-order valence-electron chi connectivity index (χ1n) is 17.4. The predicted octanol–water partition coefficient (Wildman–Crippen LogP) is 8.61. The number of amides is 2. The number of rotatable bonds is 13. The lowest BCUT2D eigenvalue weighted by Crippen LogP contribution is -2.56. The van der Waals surface area contributed by atoms with Crippen molar-refractivity contribution in [3.63, 3.8) is 0 Å². The van der Waals surface area contributed by atoms with E-state index in [1.165, 1.54) is 35.9 Å². The van der Waals surface area contributed by atoms with Gasteiger partial charge < -0.3 is 24.4 Å². The van der Waals surface area contributed by atoms with Crippen molar-refractivity contribution in [2.45, 2.75) is 114 Å². The summed E-state index contributed by atoms with van der Waals surface area (Å²) in [5, 5.41) is 4.77. The summed E-state index contributed by atoms with van der Waals surface area (Å²) >= 11 is 1.01. The van der Waals surface area contributed by atoms with Gasteiger partial charge >= 0.3 is 6.09 Å². The molecule has 2 N–H and O–H groups in total. The summed E-state index contributed by atoms with van der Waals surface area (Å²) in [5.74, 6) is -3.11. The van der Waals surface area contributed by atoms with Gasteiger partial charge in [-0.3, -0.25) is 4.79 Å². The smallest absolute Gasteiger partial charge is 0.407 e. The Morgan fingerprint density at radius 3 is 2.37 bits per heavy atom. The minimum absolute atomic E-state index is 0.222. The number of halogens is 2. The van der Waals surface area contributed by atoms with Gasteiger partial charge in [0.1, 0.15) is 17.1 Å². The van der Waals surface area contributed by atoms with Gasteiger partial charge in [-0.05, 0) is 125 Å². The maximum absolute atomic E-state index is 16.5. The van der Waals surface area contributed by atoms with Crippen molar-refractivity contribution in [1.82, 2.24) is 14.9 Å². The molecular weight excluding hydrogens is 648 g/mol. The van der Waals surface area contributed by atoms with Gasteiger partial charge in [-0.1, -0.05) is 37.6 Å². The number of hydrogen-bond donors (Lipinski definition) is 2. The number of fused-ring (bicyclic) bond motifs is 1. The van der Waals surface area contributed by atoms with Crippen molar-refractivity contribution in [2.24, 2.45) is 0 Å². The van der Waals surface area contributed by atoms with Gasteiger partial charge in [0.15, 0.2) is 6.04 Å². The second-order valence-electron chi connectivity index (χ2n) is 13.9. The molecule has 49 heavy (non-hydrogen) atoms. The average molecular weight is 698 g/mol. The van der Waals surface area contributed by atoms with E-state index in [4.69, 9.17) is 14.2 Å². The molecule has 0 aromatic heterocycles. The Morgan fingerprint density at radius 1 is 0.939 bits per heavy atom. The zero-order chi connectivity index (χ0) is 35.0. The number of nitrogens with zero attached hydrogens (tertiary/aromatic N) is 1. The number of carbonyl (C=O) groups is 2. The zero-order valence-electron chi connectivity index (χ0n) is 28.9. The number of alkyl carbamates (subject to hydrolysis) is 1. The van der Waals surface area contributed by atoms with Crippen LogP contribution in [0.1, 0.15) is 84.6 Å². The van der Waals surface area contributed by atoms with Crippen LogP contribution in [0, 0.1) is 0 Å². The monoisotopic (exact) mass is 697 g/mol. The highest BCUT2D eigenvalue weighted by molar-refractivity contribution is 7.97. The van der Waals surface area contributed by atoms with Crippen LogP contribution < -0.4 is 19.5 Å². The molecule has 3 aromatic rings. The van der Waals surface area contributed by atoms with Crippen LogP contribution in [0.2, 0.25) is 0 Å². The molecule has 2 aliphatic rings. The molecule has 1 aliphatic heterocycles. The van der Waals surface area contributed by atoms with Crippen molar-refractivity contribution in [3.8, 4) is 11.5 Å². The third-order valence-electron chi connectivity index (χ3n) is 8.81. The summed E-state index contributed by atoms with van der Waals surface area (Å²) in [6.45, 7) is 8.25. The SMILES string of the molecule is CCCCOc1cccc(C(F)(F)C(NSc2ccc3cc(OC4CCCC4)ccc3c2)C(=O)N2CCC(NC(=O)OC(C)(C)C)CC2)c1. The molecule has 0 spiro atoms. The van der Waals surface area contributed by atoms with Crippen LogP contribution in [-0.4, -0.2) is 60.4 Å². The van der Waals surface area contributed by atoms with Crippen LogP contribution in [0.3, 0.4) is 0 Å². The predicted molar refractivity (Wildman–Crippen MR) is 189 cm³/mol. The normalized spacial score (nSPS) is 16.8. The number of piperidine rings is 1. The Morgan fingerprint density at radius 2 is 1.65 bits per heavy atom. The maximum atomic E-state index is 16.5. The lowest BCUT2D eigenvalue weighted by Gasteiger charge is -2.36. The molecule has 1 saturated carbocycles. The fourth-order valence-electron chi connectivity index (χ4n) is 6.14.